The average Bonchev–Trinajstić information content (AvgIpc) is 2.86. The molecular weight excluding hydrogens is 511 g/mol. The Morgan fingerprint density at radius 1 is 1.16 bits per heavy atom. The summed E-state index contributed by atoms with van der Waals surface area (Å²) in [5.41, 5.74) is -0.208. The molecule has 0 amide bonds. The maximum absolute atomic E-state index is 14.3. The average molecular weight is 535 g/mol. The molecule has 3 aromatic heterocycles. The summed E-state index contributed by atoms with van der Waals surface area (Å²) < 4.78 is 22.6. The molecule has 0 radical (unpaired) electrons. The third-order valence-electron chi connectivity index (χ3n) is 6.02. The molecule has 38 heavy (non-hydrogen) atoms. The van der Waals surface area contributed by atoms with Gasteiger partial charge in [-0.3, -0.25) is 18.7 Å². The van der Waals surface area contributed by atoms with E-state index in [2.05, 4.69) is 4.98 Å². The van der Waals surface area contributed by atoms with Crippen LogP contribution in [-0.4, -0.2) is 19.2 Å². The number of hydrogen-bond donors (Lipinski definition) is 1. The number of nitrogens with zero attached hydrogens (tertiary/aromatic N) is 4. The molecular formula is C28H24ClFN4O4. The second kappa shape index (κ2) is 10.2. The highest BCUT2D eigenvalue weighted by molar-refractivity contribution is 6.31. The highest BCUT2D eigenvalue weighted by Crippen LogP contribution is 2.26. The Labute approximate surface area is 222 Å². The summed E-state index contributed by atoms with van der Waals surface area (Å²) in [5, 5.41) is 19.1. The summed E-state index contributed by atoms with van der Waals surface area (Å²) in [7, 11) is 0. The Bertz CT molecular complexity index is 1710. The van der Waals surface area contributed by atoms with Gasteiger partial charge < -0.3 is 9.84 Å². The first-order valence-corrected chi connectivity index (χ1v) is 12.0. The molecule has 0 atom stereocenters. The minimum Gasteiger partial charge on any atom is -0.487 e. The van der Waals surface area contributed by atoms with Gasteiger partial charge in [-0.05, 0) is 57.5 Å². The van der Waals surface area contributed by atoms with Crippen LogP contribution in [0.5, 0.6) is 5.75 Å². The molecule has 0 aliphatic carbocycles. The number of halogens is 2. The molecule has 3 heterocycles. The molecule has 10 heteroatoms. The van der Waals surface area contributed by atoms with Crippen molar-refractivity contribution in [3.8, 4) is 23.3 Å². The number of rotatable bonds is 6. The van der Waals surface area contributed by atoms with Gasteiger partial charge in [-0.1, -0.05) is 17.7 Å². The van der Waals surface area contributed by atoms with Crippen molar-refractivity contribution >= 4 is 11.6 Å². The van der Waals surface area contributed by atoms with Crippen LogP contribution in [0.3, 0.4) is 0 Å². The summed E-state index contributed by atoms with van der Waals surface area (Å²) in [4.78, 5) is 30.7. The van der Waals surface area contributed by atoms with E-state index in [0.29, 0.717) is 16.9 Å². The summed E-state index contributed by atoms with van der Waals surface area (Å²) in [6.07, 6.45) is 3.06. The molecule has 0 unspecified atom stereocenters. The number of hydrogen-bond acceptors (Lipinski definition) is 6. The van der Waals surface area contributed by atoms with Gasteiger partial charge in [-0.2, -0.15) is 5.26 Å². The summed E-state index contributed by atoms with van der Waals surface area (Å²) >= 11 is 6.39. The normalized spacial score (nSPS) is 11.3. The standard InChI is InChI=1S/C28H24ClFN4O4/c1-16-14-32-24(33-9-5-6-20(26(33)35)28(3,4)37)12-22(16)34-17(2)10-23(25(29)27(34)36)38-15-19-8-7-18(13-31)11-21(19)30/h5-12,14,37H,15H2,1-4H3. The van der Waals surface area contributed by atoms with Crippen LogP contribution in [0.1, 0.15) is 41.8 Å². The first-order chi connectivity index (χ1) is 17.9. The van der Waals surface area contributed by atoms with Gasteiger partial charge >= 0.3 is 0 Å². The second-order valence-corrected chi connectivity index (χ2v) is 9.67. The van der Waals surface area contributed by atoms with E-state index < -0.39 is 22.5 Å². The van der Waals surface area contributed by atoms with Crippen molar-refractivity contribution < 1.29 is 14.2 Å². The van der Waals surface area contributed by atoms with Crippen LogP contribution in [0.2, 0.25) is 5.02 Å². The molecule has 1 aromatic carbocycles. The van der Waals surface area contributed by atoms with Gasteiger partial charge in [0.05, 0.1) is 22.9 Å². The fraction of sp³-hybridized carbons (Fsp3) is 0.214. The zero-order chi connectivity index (χ0) is 27.8. The molecule has 8 nitrogen and oxygen atoms in total. The Morgan fingerprint density at radius 3 is 2.55 bits per heavy atom. The minimum atomic E-state index is -1.36. The van der Waals surface area contributed by atoms with Crippen molar-refractivity contribution in [3.63, 3.8) is 0 Å². The molecule has 0 bridgehead atoms. The van der Waals surface area contributed by atoms with Crippen molar-refractivity contribution in [2.75, 3.05) is 0 Å². The lowest BCUT2D eigenvalue weighted by Crippen LogP contribution is -2.31. The molecule has 0 saturated carbocycles. The lowest BCUT2D eigenvalue weighted by molar-refractivity contribution is 0.0767. The van der Waals surface area contributed by atoms with Crippen LogP contribution in [0.25, 0.3) is 11.5 Å². The van der Waals surface area contributed by atoms with Crippen LogP contribution in [0.4, 0.5) is 4.39 Å². The quantitative estimate of drug-likeness (QED) is 0.391. The van der Waals surface area contributed by atoms with Gasteiger partial charge in [0, 0.05) is 41.3 Å². The number of ether oxygens (including phenoxy) is 1. The van der Waals surface area contributed by atoms with E-state index in [1.54, 1.807) is 38.1 Å². The molecule has 4 aromatic rings. The van der Waals surface area contributed by atoms with E-state index in [-0.39, 0.29) is 39.9 Å². The number of pyridine rings is 3. The Hall–Kier alpha value is -4.26. The summed E-state index contributed by atoms with van der Waals surface area (Å²) in [6.45, 7) is 6.30. The Morgan fingerprint density at radius 2 is 1.89 bits per heavy atom. The topological polar surface area (TPSA) is 110 Å². The van der Waals surface area contributed by atoms with Crippen LogP contribution in [-0.2, 0) is 12.2 Å². The lowest BCUT2D eigenvalue weighted by Gasteiger charge is -2.19. The first-order valence-electron chi connectivity index (χ1n) is 11.6. The Kier molecular flexibility index (Phi) is 7.22. The summed E-state index contributed by atoms with van der Waals surface area (Å²) in [6, 6.07) is 12.2. The van der Waals surface area contributed by atoms with Gasteiger partial charge in [-0.15, -0.1) is 0 Å². The van der Waals surface area contributed by atoms with E-state index >= 15 is 0 Å². The Balaban J connectivity index is 1.74. The van der Waals surface area contributed by atoms with E-state index in [1.165, 1.54) is 47.5 Å². The van der Waals surface area contributed by atoms with Crippen LogP contribution < -0.4 is 15.9 Å². The number of benzene rings is 1. The van der Waals surface area contributed by atoms with E-state index in [4.69, 9.17) is 21.6 Å². The molecule has 1 N–H and O–H groups in total. The van der Waals surface area contributed by atoms with E-state index in [1.807, 2.05) is 6.07 Å². The van der Waals surface area contributed by atoms with E-state index in [0.717, 1.165) is 6.07 Å². The molecule has 0 saturated heterocycles. The predicted octanol–water partition coefficient (Wildman–Crippen LogP) is 4.47. The molecule has 194 valence electrons. The van der Waals surface area contributed by atoms with Crippen LogP contribution in [0, 0.1) is 31.0 Å². The number of nitriles is 1. The van der Waals surface area contributed by atoms with E-state index in [9.17, 15) is 19.1 Å². The predicted molar refractivity (Wildman–Crippen MR) is 141 cm³/mol. The largest absolute Gasteiger partial charge is 0.487 e. The smallest absolute Gasteiger partial charge is 0.277 e. The number of aromatic nitrogens is 3. The molecule has 0 aliphatic rings. The van der Waals surface area contributed by atoms with Crippen molar-refractivity contribution in [2.45, 2.75) is 39.9 Å². The van der Waals surface area contributed by atoms with Crippen LogP contribution in [0.15, 0.2) is 64.4 Å². The molecule has 4 rings (SSSR count). The van der Waals surface area contributed by atoms with Gasteiger partial charge in [0.25, 0.3) is 11.1 Å². The highest BCUT2D eigenvalue weighted by atomic mass is 35.5. The fourth-order valence-electron chi connectivity index (χ4n) is 3.99. The van der Waals surface area contributed by atoms with Crippen LogP contribution >= 0.6 is 11.6 Å². The summed E-state index contributed by atoms with van der Waals surface area (Å²) in [5.74, 6) is -0.273. The number of aryl methyl sites for hydroxylation is 2. The fourth-order valence-corrected chi connectivity index (χ4v) is 4.18. The van der Waals surface area contributed by atoms with Gasteiger partial charge in [0.1, 0.15) is 29.0 Å². The third kappa shape index (κ3) is 5.09. The highest BCUT2D eigenvalue weighted by Gasteiger charge is 2.22. The van der Waals surface area contributed by atoms with Gasteiger partial charge in [0.2, 0.25) is 0 Å². The number of aliphatic hydroxyl groups is 1. The lowest BCUT2D eigenvalue weighted by atomic mass is 10.0. The van der Waals surface area contributed by atoms with Gasteiger partial charge in [0.15, 0.2) is 0 Å². The maximum Gasteiger partial charge on any atom is 0.277 e. The van der Waals surface area contributed by atoms with Crippen molar-refractivity contribution in [2.24, 2.45) is 0 Å². The van der Waals surface area contributed by atoms with Crippen molar-refractivity contribution in [3.05, 3.63) is 114 Å². The second-order valence-electron chi connectivity index (χ2n) is 9.30. The maximum atomic E-state index is 14.3. The minimum absolute atomic E-state index is 0.0789. The zero-order valence-electron chi connectivity index (χ0n) is 21.1. The first kappa shape index (κ1) is 26.8. The zero-order valence-corrected chi connectivity index (χ0v) is 21.9. The molecule has 0 spiro atoms. The molecule has 0 fully saturated rings. The molecule has 0 aliphatic heterocycles. The SMILES string of the molecule is Cc1cnc(-n2cccc(C(C)(C)O)c2=O)cc1-n1c(C)cc(OCc2ccc(C#N)cc2F)c(Cl)c1=O. The van der Waals surface area contributed by atoms with Crippen molar-refractivity contribution in [1.82, 2.24) is 14.1 Å². The van der Waals surface area contributed by atoms with Crippen molar-refractivity contribution in [1.29, 1.82) is 5.26 Å². The van der Waals surface area contributed by atoms with Gasteiger partial charge in [-0.25, -0.2) is 9.37 Å². The third-order valence-corrected chi connectivity index (χ3v) is 6.37. The monoisotopic (exact) mass is 534 g/mol.